The lowest BCUT2D eigenvalue weighted by molar-refractivity contribution is -0.145. The Labute approximate surface area is 123 Å². The fourth-order valence-corrected chi connectivity index (χ4v) is 4.56. The Morgan fingerprint density at radius 2 is 2.16 bits per heavy atom. The van der Waals surface area contributed by atoms with Gasteiger partial charge in [0, 0.05) is 0 Å². The second-order valence-corrected chi connectivity index (χ2v) is 7.53. The molecule has 0 radical (unpaired) electrons. The molecule has 1 amide bonds. The Balaban J connectivity index is 2.13. The van der Waals surface area contributed by atoms with Gasteiger partial charge in [0.2, 0.25) is 0 Å². The highest BCUT2D eigenvalue weighted by molar-refractivity contribution is 7.90. The maximum atomic E-state index is 12.0. The summed E-state index contributed by atoms with van der Waals surface area (Å²) in [7, 11) is -4.06. The molecule has 1 atom stereocenters. The van der Waals surface area contributed by atoms with Gasteiger partial charge in [-0.15, -0.1) is 11.3 Å². The van der Waals surface area contributed by atoms with Crippen LogP contribution in [0.25, 0.3) is 0 Å². The van der Waals surface area contributed by atoms with Crippen molar-refractivity contribution in [1.82, 2.24) is 4.72 Å². The molecule has 6 nitrogen and oxygen atoms in total. The summed E-state index contributed by atoms with van der Waals surface area (Å²) in [6.45, 7) is 0.630. The van der Waals surface area contributed by atoms with Crippen LogP contribution in [0.3, 0.4) is 0 Å². The van der Waals surface area contributed by atoms with Gasteiger partial charge in [0.1, 0.15) is 9.23 Å². The number of halogens is 2. The lowest BCUT2D eigenvalue weighted by Gasteiger charge is -2.21. The number of hydrogen-bond acceptors (Lipinski definition) is 6. The average Bonchev–Trinajstić information content (AvgIpc) is 2.70. The third-order valence-electron chi connectivity index (χ3n) is 2.26. The van der Waals surface area contributed by atoms with Crippen LogP contribution >= 0.6 is 34.5 Å². The van der Waals surface area contributed by atoms with Crippen molar-refractivity contribution < 1.29 is 22.7 Å². The summed E-state index contributed by atoms with van der Waals surface area (Å²) in [4.78, 5) is 11.5. The van der Waals surface area contributed by atoms with E-state index in [-0.39, 0.29) is 26.8 Å². The van der Waals surface area contributed by atoms with Gasteiger partial charge < -0.3 is 9.47 Å². The summed E-state index contributed by atoms with van der Waals surface area (Å²) in [5.74, 6) is -0.793. The minimum Gasteiger partial charge on any atom is -0.376 e. The molecule has 19 heavy (non-hydrogen) atoms. The van der Waals surface area contributed by atoms with Gasteiger partial charge in [0.25, 0.3) is 15.9 Å². The molecule has 1 aromatic rings. The average molecular weight is 346 g/mol. The number of nitrogens with one attached hydrogen (secondary N) is 1. The first kappa shape index (κ1) is 15.0. The van der Waals surface area contributed by atoms with E-state index in [1.165, 1.54) is 6.07 Å². The monoisotopic (exact) mass is 345 g/mol. The van der Waals surface area contributed by atoms with Gasteiger partial charge in [-0.05, 0) is 6.07 Å². The van der Waals surface area contributed by atoms with Gasteiger partial charge >= 0.3 is 0 Å². The van der Waals surface area contributed by atoms with Crippen LogP contribution in [0.5, 0.6) is 0 Å². The van der Waals surface area contributed by atoms with E-state index in [1.54, 1.807) is 0 Å². The van der Waals surface area contributed by atoms with Crippen molar-refractivity contribution in [3.63, 3.8) is 0 Å². The van der Waals surface area contributed by atoms with E-state index in [9.17, 15) is 13.2 Å². The number of rotatable bonds is 3. The van der Waals surface area contributed by atoms with E-state index in [2.05, 4.69) is 0 Å². The molecule has 1 aromatic heterocycles. The number of carbonyl (C=O) groups is 1. The molecular formula is C9H9Cl2NO5S2. The van der Waals surface area contributed by atoms with E-state index in [0.29, 0.717) is 6.61 Å². The number of amides is 1. The van der Waals surface area contributed by atoms with Crippen molar-refractivity contribution in [1.29, 1.82) is 0 Å². The molecule has 1 saturated heterocycles. The topological polar surface area (TPSA) is 81.7 Å². The van der Waals surface area contributed by atoms with Gasteiger partial charge in [-0.3, -0.25) is 4.79 Å². The Kier molecular flexibility index (Phi) is 4.70. The van der Waals surface area contributed by atoms with Crippen LogP contribution in [-0.2, 0) is 24.3 Å². The summed E-state index contributed by atoms with van der Waals surface area (Å²) in [5, 5.41) is 0. The molecule has 0 saturated carbocycles. The minimum atomic E-state index is -4.06. The van der Waals surface area contributed by atoms with Crippen LogP contribution in [0.15, 0.2) is 11.0 Å². The van der Waals surface area contributed by atoms with Gasteiger partial charge in [0.15, 0.2) is 6.10 Å². The Hall–Kier alpha value is -0.380. The van der Waals surface area contributed by atoms with Crippen LogP contribution in [0.1, 0.15) is 0 Å². The molecule has 106 valence electrons. The van der Waals surface area contributed by atoms with Crippen molar-refractivity contribution in [2.24, 2.45) is 0 Å². The van der Waals surface area contributed by atoms with E-state index in [0.717, 1.165) is 11.3 Å². The predicted octanol–water partition coefficient (Wildman–Crippen LogP) is 1.28. The van der Waals surface area contributed by atoms with Crippen LogP contribution < -0.4 is 4.72 Å². The van der Waals surface area contributed by atoms with Crippen LogP contribution in [0.4, 0.5) is 0 Å². The molecule has 0 aliphatic carbocycles. The van der Waals surface area contributed by atoms with Gasteiger partial charge in [-0.2, -0.15) is 0 Å². The normalized spacial score (nSPS) is 20.2. The molecule has 1 fully saturated rings. The molecule has 2 rings (SSSR count). The predicted molar refractivity (Wildman–Crippen MR) is 70.2 cm³/mol. The standard InChI is InChI=1S/C9H9Cl2NO5S2/c10-7-3-6(8(11)18-7)19(14,15)12-9(13)5-4-16-1-2-17-5/h3,5H,1-2,4H2,(H,12,13). The molecule has 0 bridgehead atoms. The fraction of sp³-hybridized carbons (Fsp3) is 0.444. The number of sulfonamides is 1. The highest BCUT2D eigenvalue weighted by Gasteiger charge is 2.29. The lowest BCUT2D eigenvalue weighted by atomic mass is 10.3. The molecule has 1 N–H and O–H groups in total. The van der Waals surface area contributed by atoms with Crippen LogP contribution in [-0.4, -0.2) is 40.2 Å². The molecule has 2 heterocycles. The van der Waals surface area contributed by atoms with Gasteiger partial charge in [0.05, 0.1) is 24.2 Å². The molecule has 0 aromatic carbocycles. The number of carbonyl (C=O) groups excluding carboxylic acids is 1. The number of hydrogen-bond donors (Lipinski definition) is 1. The summed E-state index contributed by atoms with van der Waals surface area (Å²) in [5.41, 5.74) is 0. The summed E-state index contributed by atoms with van der Waals surface area (Å²) < 4.78 is 36.1. The lowest BCUT2D eigenvalue weighted by Crippen LogP contribution is -2.44. The second-order valence-electron chi connectivity index (χ2n) is 3.59. The van der Waals surface area contributed by atoms with Crippen molar-refractivity contribution >= 4 is 50.5 Å². The Morgan fingerprint density at radius 3 is 2.68 bits per heavy atom. The number of thiophene rings is 1. The molecule has 0 spiro atoms. The van der Waals surface area contributed by atoms with E-state index < -0.39 is 22.0 Å². The third kappa shape index (κ3) is 3.59. The first-order chi connectivity index (χ1) is 8.90. The smallest absolute Gasteiger partial charge is 0.266 e. The van der Waals surface area contributed by atoms with Gasteiger partial charge in [-0.1, -0.05) is 23.2 Å². The van der Waals surface area contributed by atoms with Crippen LogP contribution in [0.2, 0.25) is 8.67 Å². The van der Waals surface area contributed by atoms with Gasteiger partial charge in [-0.25, -0.2) is 13.1 Å². The van der Waals surface area contributed by atoms with Crippen LogP contribution in [0, 0.1) is 0 Å². The Bertz CT molecular complexity index is 579. The summed E-state index contributed by atoms with van der Waals surface area (Å²) in [6.07, 6.45) is -0.948. The minimum absolute atomic E-state index is 0.00823. The van der Waals surface area contributed by atoms with Crippen molar-refractivity contribution in [2.45, 2.75) is 11.0 Å². The largest absolute Gasteiger partial charge is 0.376 e. The summed E-state index contributed by atoms with van der Waals surface area (Å²) >= 11 is 12.3. The SMILES string of the molecule is O=C(NS(=O)(=O)c1cc(Cl)sc1Cl)C1COCCO1. The molecule has 10 heteroatoms. The first-order valence-electron chi connectivity index (χ1n) is 5.11. The molecule has 1 unspecified atom stereocenters. The second kappa shape index (κ2) is 5.94. The number of ether oxygens (including phenoxy) is 2. The van der Waals surface area contributed by atoms with Crippen molar-refractivity contribution in [2.75, 3.05) is 19.8 Å². The first-order valence-corrected chi connectivity index (χ1v) is 8.16. The zero-order chi connectivity index (χ0) is 14.0. The van der Waals surface area contributed by atoms with E-state index >= 15 is 0 Å². The maximum absolute atomic E-state index is 12.0. The van der Waals surface area contributed by atoms with E-state index in [1.807, 2.05) is 4.72 Å². The zero-order valence-electron chi connectivity index (χ0n) is 9.39. The quantitative estimate of drug-likeness (QED) is 0.892. The highest BCUT2D eigenvalue weighted by Crippen LogP contribution is 2.34. The molecule has 1 aliphatic rings. The summed E-state index contributed by atoms with van der Waals surface area (Å²) in [6, 6.07) is 1.18. The maximum Gasteiger partial charge on any atom is 0.266 e. The zero-order valence-corrected chi connectivity index (χ0v) is 12.5. The van der Waals surface area contributed by atoms with Crippen molar-refractivity contribution in [3.8, 4) is 0 Å². The molecular weight excluding hydrogens is 337 g/mol. The molecule has 1 aliphatic heterocycles. The Morgan fingerprint density at radius 1 is 1.42 bits per heavy atom. The van der Waals surface area contributed by atoms with Crippen molar-refractivity contribution in [3.05, 3.63) is 14.7 Å². The fourth-order valence-electron chi connectivity index (χ4n) is 1.40. The highest BCUT2D eigenvalue weighted by atomic mass is 35.5. The third-order valence-corrected chi connectivity index (χ3v) is 5.36. The van der Waals surface area contributed by atoms with E-state index in [4.69, 9.17) is 32.7 Å².